The highest BCUT2D eigenvalue weighted by Gasteiger charge is 2.40. The van der Waals surface area contributed by atoms with Crippen LogP contribution in [0.1, 0.15) is 17.5 Å². The van der Waals surface area contributed by atoms with Gasteiger partial charge in [0.25, 0.3) is 17.5 Å². The molecule has 0 fully saturated rings. The van der Waals surface area contributed by atoms with Gasteiger partial charge in [0.1, 0.15) is 5.70 Å². The summed E-state index contributed by atoms with van der Waals surface area (Å²) in [5, 5.41) is 11.0. The van der Waals surface area contributed by atoms with Crippen LogP contribution >= 0.6 is 0 Å². The number of methoxy groups -OCH3 is 1. The molecule has 1 heterocycles. The van der Waals surface area contributed by atoms with Crippen LogP contribution in [0.2, 0.25) is 0 Å². The molecule has 1 aliphatic rings. The number of carbonyl (C=O) groups is 2. The third-order valence-electron chi connectivity index (χ3n) is 4.88. The van der Waals surface area contributed by atoms with E-state index in [0.717, 1.165) is 5.56 Å². The molecule has 0 saturated carbocycles. The molecule has 0 bridgehead atoms. The first-order valence-electron chi connectivity index (χ1n) is 9.53. The predicted molar refractivity (Wildman–Crippen MR) is 111 cm³/mol. The van der Waals surface area contributed by atoms with Crippen LogP contribution in [-0.4, -0.2) is 53.8 Å². The third kappa shape index (κ3) is 4.38. The van der Waals surface area contributed by atoms with Crippen molar-refractivity contribution in [3.63, 3.8) is 0 Å². The first-order valence-corrected chi connectivity index (χ1v) is 9.53. The number of ether oxygens (including phenoxy) is 1. The fraction of sp³-hybridized carbons (Fsp3) is 0.273. The smallest absolute Gasteiger partial charge is 0.277 e. The molecular formula is C22H23N3O5. The summed E-state index contributed by atoms with van der Waals surface area (Å²) >= 11 is 0. The minimum Gasteiger partial charge on any atom is -0.385 e. The van der Waals surface area contributed by atoms with Gasteiger partial charge < -0.3 is 9.64 Å². The molecule has 1 aliphatic heterocycles. The van der Waals surface area contributed by atoms with E-state index in [2.05, 4.69) is 0 Å². The average Bonchev–Trinajstić information content (AvgIpc) is 2.99. The van der Waals surface area contributed by atoms with Gasteiger partial charge in [0.05, 0.1) is 10.5 Å². The summed E-state index contributed by atoms with van der Waals surface area (Å²) in [5.41, 5.74) is 1.94. The molecule has 0 spiro atoms. The summed E-state index contributed by atoms with van der Waals surface area (Å²) in [7, 11) is 3.32. The number of hydrogen-bond donors (Lipinski definition) is 0. The summed E-state index contributed by atoms with van der Waals surface area (Å²) in [6.07, 6.45) is 0.525. The molecule has 8 heteroatoms. The second-order valence-corrected chi connectivity index (χ2v) is 6.98. The van der Waals surface area contributed by atoms with Crippen molar-refractivity contribution in [3.8, 4) is 0 Å². The monoisotopic (exact) mass is 409 g/mol. The number of nitro benzene ring substituents is 1. The van der Waals surface area contributed by atoms with E-state index in [1.165, 1.54) is 29.2 Å². The minimum atomic E-state index is -0.501. The van der Waals surface area contributed by atoms with E-state index in [0.29, 0.717) is 25.1 Å². The first-order chi connectivity index (χ1) is 14.4. The molecule has 3 rings (SSSR count). The van der Waals surface area contributed by atoms with E-state index in [1.54, 1.807) is 19.1 Å². The molecule has 8 nitrogen and oxygen atoms in total. The van der Waals surface area contributed by atoms with Crippen LogP contribution < -0.4 is 0 Å². The molecule has 156 valence electrons. The van der Waals surface area contributed by atoms with E-state index in [4.69, 9.17) is 4.74 Å². The number of amides is 2. The van der Waals surface area contributed by atoms with Gasteiger partial charge in [-0.1, -0.05) is 30.3 Å². The first kappa shape index (κ1) is 21.2. The number of carbonyl (C=O) groups excluding carboxylic acids is 2. The van der Waals surface area contributed by atoms with Crippen molar-refractivity contribution in [3.05, 3.63) is 81.5 Å². The van der Waals surface area contributed by atoms with Gasteiger partial charge in [-0.05, 0) is 29.7 Å². The maximum atomic E-state index is 13.2. The van der Waals surface area contributed by atoms with Crippen LogP contribution in [0, 0.1) is 10.1 Å². The fourth-order valence-electron chi connectivity index (χ4n) is 3.43. The van der Waals surface area contributed by atoms with Gasteiger partial charge in [-0.25, -0.2) is 0 Å². The Morgan fingerprint density at radius 1 is 1.03 bits per heavy atom. The highest BCUT2D eigenvalue weighted by Crippen LogP contribution is 2.32. The van der Waals surface area contributed by atoms with Gasteiger partial charge >= 0.3 is 0 Å². The van der Waals surface area contributed by atoms with Gasteiger partial charge in [-0.3, -0.25) is 24.6 Å². The molecule has 0 radical (unpaired) electrons. The maximum absolute atomic E-state index is 13.2. The summed E-state index contributed by atoms with van der Waals surface area (Å²) in [5.74, 6) is -0.775. The average molecular weight is 409 g/mol. The van der Waals surface area contributed by atoms with Crippen LogP contribution in [-0.2, 0) is 20.9 Å². The van der Waals surface area contributed by atoms with Crippen molar-refractivity contribution < 1.29 is 19.2 Å². The predicted octanol–water partition coefficient (Wildman–Crippen LogP) is 2.84. The van der Waals surface area contributed by atoms with Crippen molar-refractivity contribution in [2.75, 3.05) is 27.3 Å². The van der Waals surface area contributed by atoms with Gasteiger partial charge in [-0.15, -0.1) is 0 Å². The van der Waals surface area contributed by atoms with Gasteiger partial charge in [0, 0.05) is 46.0 Å². The van der Waals surface area contributed by atoms with E-state index in [-0.39, 0.29) is 29.4 Å². The second-order valence-electron chi connectivity index (χ2n) is 6.98. The molecule has 0 aromatic heterocycles. The molecule has 2 aromatic carbocycles. The summed E-state index contributed by atoms with van der Waals surface area (Å²) in [6.45, 7) is 1.11. The Morgan fingerprint density at radius 3 is 2.30 bits per heavy atom. The Kier molecular flexibility index (Phi) is 6.58. The lowest BCUT2D eigenvalue weighted by Crippen LogP contribution is -2.35. The maximum Gasteiger partial charge on any atom is 0.277 e. The van der Waals surface area contributed by atoms with Crippen LogP contribution in [0.15, 0.2) is 60.3 Å². The van der Waals surface area contributed by atoms with E-state index in [1.807, 2.05) is 30.3 Å². The molecule has 30 heavy (non-hydrogen) atoms. The Bertz CT molecular complexity index is 970. The molecule has 0 unspecified atom stereocenters. The largest absolute Gasteiger partial charge is 0.385 e. The van der Waals surface area contributed by atoms with Crippen molar-refractivity contribution >= 4 is 23.1 Å². The van der Waals surface area contributed by atoms with Crippen LogP contribution in [0.25, 0.3) is 5.57 Å². The summed E-state index contributed by atoms with van der Waals surface area (Å²) < 4.78 is 5.04. The molecular weight excluding hydrogens is 386 g/mol. The molecule has 0 atom stereocenters. The lowest BCUT2D eigenvalue weighted by molar-refractivity contribution is -0.384. The molecule has 2 amide bonds. The van der Waals surface area contributed by atoms with Crippen LogP contribution in [0.5, 0.6) is 0 Å². The van der Waals surface area contributed by atoms with Crippen molar-refractivity contribution in [1.29, 1.82) is 0 Å². The Hall–Kier alpha value is -3.52. The van der Waals surface area contributed by atoms with Gasteiger partial charge in [0.15, 0.2) is 0 Å². The Labute approximate surface area is 174 Å². The fourth-order valence-corrected chi connectivity index (χ4v) is 3.43. The van der Waals surface area contributed by atoms with Crippen LogP contribution in [0.3, 0.4) is 0 Å². The zero-order valence-corrected chi connectivity index (χ0v) is 16.9. The van der Waals surface area contributed by atoms with Crippen molar-refractivity contribution in [2.45, 2.75) is 13.0 Å². The van der Waals surface area contributed by atoms with Gasteiger partial charge in [-0.2, -0.15) is 0 Å². The molecule has 0 aliphatic carbocycles. The lowest BCUT2D eigenvalue weighted by atomic mass is 10.0. The van der Waals surface area contributed by atoms with Gasteiger partial charge in [0.2, 0.25) is 0 Å². The van der Waals surface area contributed by atoms with Crippen LogP contribution in [0.4, 0.5) is 5.69 Å². The van der Waals surface area contributed by atoms with Crippen molar-refractivity contribution in [2.24, 2.45) is 0 Å². The number of imide groups is 1. The highest BCUT2D eigenvalue weighted by atomic mass is 16.6. The summed E-state index contributed by atoms with van der Waals surface area (Å²) in [6, 6.07) is 15.3. The SMILES string of the molecule is COCCCN1C(=O)C(c2ccc([N+](=O)[O-])cc2)=C(N(C)Cc2ccccc2)C1=O. The quantitative estimate of drug-likeness (QED) is 0.274. The summed E-state index contributed by atoms with van der Waals surface area (Å²) in [4.78, 5) is 39.7. The van der Waals surface area contributed by atoms with E-state index in [9.17, 15) is 19.7 Å². The second kappa shape index (κ2) is 9.32. The lowest BCUT2D eigenvalue weighted by Gasteiger charge is -2.21. The number of benzene rings is 2. The number of rotatable bonds is 9. The standard InChI is InChI=1S/C22H23N3O5/c1-23(15-16-7-4-3-5-8-16)20-19(17-9-11-18(12-10-17)25(28)29)21(26)24(22(20)27)13-6-14-30-2/h3-5,7-12H,6,13-15H2,1-2H3. The molecule has 0 saturated heterocycles. The third-order valence-corrected chi connectivity index (χ3v) is 4.88. The number of nitro groups is 1. The Balaban J connectivity index is 1.98. The topological polar surface area (TPSA) is 93.0 Å². The minimum absolute atomic E-state index is 0.0766. The highest BCUT2D eigenvalue weighted by molar-refractivity contribution is 6.35. The van der Waals surface area contributed by atoms with Crippen molar-refractivity contribution in [1.82, 2.24) is 9.80 Å². The Morgan fingerprint density at radius 2 is 1.70 bits per heavy atom. The molecule has 2 aromatic rings. The van der Waals surface area contributed by atoms with E-state index < -0.39 is 10.8 Å². The zero-order valence-electron chi connectivity index (χ0n) is 16.9. The zero-order chi connectivity index (χ0) is 21.7. The number of non-ortho nitro benzene ring substituents is 1. The molecule has 0 N–H and O–H groups in total. The number of likely N-dealkylation sites (N-methyl/N-ethyl adjacent to an activating group) is 1. The number of hydrogen-bond acceptors (Lipinski definition) is 6. The number of nitrogens with zero attached hydrogens (tertiary/aromatic N) is 3. The van der Waals surface area contributed by atoms with E-state index >= 15 is 0 Å². The normalized spacial score (nSPS) is 13.9.